The van der Waals surface area contributed by atoms with Crippen molar-refractivity contribution in [3.63, 3.8) is 0 Å². The number of benzene rings is 2. The van der Waals surface area contributed by atoms with Gasteiger partial charge in [-0.1, -0.05) is 41.9 Å². The van der Waals surface area contributed by atoms with Crippen molar-refractivity contribution in [3.05, 3.63) is 70.6 Å². The highest BCUT2D eigenvalue weighted by atomic mass is 79.9. The van der Waals surface area contributed by atoms with E-state index >= 15 is 0 Å². The Morgan fingerprint density at radius 1 is 1.11 bits per heavy atom. The van der Waals surface area contributed by atoms with E-state index in [4.69, 9.17) is 9.47 Å². The predicted molar refractivity (Wildman–Crippen MR) is 109 cm³/mol. The Labute approximate surface area is 170 Å². The molecule has 0 radical (unpaired) electrons. The maximum atomic E-state index is 13.7. The summed E-state index contributed by atoms with van der Waals surface area (Å²) >= 11 is 3.51. The molecule has 0 spiro atoms. The highest BCUT2D eigenvalue weighted by Crippen LogP contribution is 2.40. The molecule has 2 aromatic carbocycles. The van der Waals surface area contributed by atoms with Gasteiger partial charge < -0.3 is 14.8 Å². The number of fused-ring (bicyclic) bond motifs is 1. The van der Waals surface area contributed by atoms with Gasteiger partial charge in [0.2, 0.25) is 6.79 Å². The first-order valence-electron chi connectivity index (χ1n) is 8.73. The minimum atomic E-state index is -0.578. The Hall–Kier alpha value is -2.93. The SMILES string of the molecule is CC.O=C(Nc1ccc(-c2cc3c(cc2Br)OCO3)cn1)c1ccccc1F. The number of hydrogen-bond acceptors (Lipinski definition) is 4. The Bertz CT molecular complexity index is 993. The molecule has 0 bridgehead atoms. The first-order chi connectivity index (χ1) is 13.6. The number of amides is 1. The molecule has 0 unspecified atom stereocenters. The fourth-order valence-electron chi connectivity index (χ4n) is 2.59. The van der Waals surface area contributed by atoms with Gasteiger partial charge in [-0.2, -0.15) is 0 Å². The van der Waals surface area contributed by atoms with Crippen LogP contribution >= 0.6 is 15.9 Å². The highest BCUT2D eigenvalue weighted by Gasteiger charge is 2.17. The van der Waals surface area contributed by atoms with Crippen molar-refractivity contribution in [1.82, 2.24) is 4.98 Å². The van der Waals surface area contributed by atoms with E-state index in [9.17, 15) is 9.18 Å². The molecule has 2 heterocycles. The number of rotatable bonds is 3. The number of anilines is 1. The van der Waals surface area contributed by atoms with Crippen LogP contribution in [0.1, 0.15) is 24.2 Å². The Balaban J connectivity index is 0.00000109. The van der Waals surface area contributed by atoms with E-state index in [0.29, 0.717) is 17.3 Å². The predicted octanol–water partition coefficient (Wildman–Crippen LogP) is 5.66. The maximum Gasteiger partial charge on any atom is 0.259 e. The lowest BCUT2D eigenvalue weighted by Crippen LogP contribution is -2.14. The summed E-state index contributed by atoms with van der Waals surface area (Å²) in [6, 6.07) is 13.0. The molecule has 7 heteroatoms. The lowest BCUT2D eigenvalue weighted by molar-refractivity contribution is 0.102. The fourth-order valence-corrected chi connectivity index (χ4v) is 3.15. The highest BCUT2D eigenvalue weighted by molar-refractivity contribution is 9.10. The number of carbonyl (C=O) groups is 1. The second kappa shape index (κ2) is 8.84. The van der Waals surface area contributed by atoms with E-state index in [0.717, 1.165) is 15.6 Å². The van der Waals surface area contributed by atoms with Crippen LogP contribution in [0.25, 0.3) is 11.1 Å². The van der Waals surface area contributed by atoms with Crippen molar-refractivity contribution in [3.8, 4) is 22.6 Å². The van der Waals surface area contributed by atoms with Crippen molar-refractivity contribution in [1.29, 1.82) is 0 Å². The monoisotopic (exact) mass is 444 g/mol. The van der Waals surface area contributed by atoms with Crippen LogP contribution in [0.15, 0.2) is 59.2 Å². The number of halogens is 2. The normalized spacial score (nSPS) is 11.4. The van der Waals surface area contributed by atoms with Gasteiger partial charge >= 0.3 is 0 Å². The minimum absolute atomic E-state index is 0.0307. The van der Waals surface area contributed by atoms with Gasteiger partial charge in [0.15, 0.2) is 11.5 Å². The average Bonchev–Trinajstić information content (AvgIpc) is 3.17. The molecule has 1 N–H and O–H groups in total. The summed E-state index contributed by atoms with van der Waals surface area (Å²) in [5.41, 5.74) is 1.68. The largest absolute Gasteiger partial charge is 0.454 e. The lowest BCUT2D eigenvalue weighted by Gasteiger charge is -2.09. The van der Waals surface area contributed by atoms with Crippen LogP contribution in [0.5, 0.6) is 11.5 Å². The molecule has 0 saturated heterocycles. The van der Waals surface area contributed by atoms with E-state index in [1.807, 2.05) is 32.0 Å². The Morgan fingerprint density at radius 2 is 1.82 bits per heavy atom. The minimum Gasteiger partial charge on any atom is -0.454 e. The van der Waals surface area contributed by atoms with Gasteiger partial charge in [0.05, 0.1) is 5.56 Å². The maximum absolute atomic E-state index is 13.7. The molecule has 4 rings (SSSR count). The Morgan fingerprint density at radius 3 is 2.50 bits per heavy atom. The first-order valence-corrected chi connectivity index (χ1v) is 9.52. The van der Waals surface area contributed by atoms with Crippen molar-refractivity contribution >= 4 is 27.7 Å². The van der Waals surface area contributed by atoms with Gasteiger partial charge in [-0.05, 0) is 36.4 Å². The van der Waals surface area contributed by atoms with E-state index < -0.39 is 11.7 Å². The van der Waals surface area contributed by atoms with Crippen LogP contribution < -0.4 is 14.8 Å². The van der Waals surface area contributed by atoms with E-state index in [-0.39, 0.29) is 12.4 Å². The van der Waals surface area contributed by atoms with Crippen molar-refractivity contribution < 1.29 is 18.7 Å². The van der Waals surface area contributed by atoms with E-state index in [1.54, 1.807) is 18.3 Å². The number of nitrogens with one attached hydrogen (secondary N) is 1. The van der Waals surface area contributed by atoms with Crippen molar-refractivity contribution in [2.24, 2.45) is 0 Å². The molecular weight excluding hydrogens is 427 g/mol. The summed E-state index contributed by atoms with van der Waals surface area (Å²) in [6.07, 6.45) is 1.62. The molecule has 5 nitrogen and oxygen atoms in total. The van der Waals surface area contributed by atoms with Crippen LogP contribution in [0, 0.1) is 5.82 Å². The molecule has 1 aliphatic heterocycles. The number of nitrogens with zero attached hydrogens (tertiary/aromatic N) is 1. The number of aromatic nitrogens is 1. The lowest BCUT2D eigenvalue weighted by atomic mass is 10.1. The van der Waals surface area contributed by atoms with Crippen LogP contribution in [0.2, 0.25) is 0 Å². The third kappa shape index (κ3) is 4.14. The van der Waals surface area contributed by atoms with Gasteiger partial charge in [0.25, 0.3) is 5.91 Å². The molecule has 0 saturated carbocycles. The zero-order valence-electron chi connectivity index (χ0n) is 15.3. The molecule has 0 fully saturated rings. The topological polar surface area (TPSA) is 60.5 Å². The first kappa shape index (κ1) is 19.8. The van der Waals surface area contributed by atoms with E-state index in [1.165, 1.54) is 18.2 Å². The third-order valence-corrected chi connectivity index (χ3v) is 4.55. The summed E-state index contributed by atoms with van der Waals surface area (Å²) in [7, 11) is 0. The van der Waals surface area contributed by atoms with Crippen molar-refractivity contribution in [2.45, 2.75) is 13.8 Å². The second-order valence-corrected chi connectivity index (χ2v) is 6.41. The van der Waals surface area contributed by atoms with Gasteiger partial charge in [0.1, 0.15) is 11.6 Å². The number of pyridine rings is 1. The number of ether oxygens (including phenoxy) is 2. The van der Waals surface area contributed by atoms with Crippen LogP contribution in [0.3, 0.4) is 0 Å². The quantitative estimate of drug-likeness (QED) is 0.566. The molecule has 3 aromatic rings. The fraction of sp³-hybridized carbons (Fsp3) is 0.143. The molecule has 1 amide bonds. The summed E-state index contributed by atoms with van der Waals surface area (Å²) in [6.45, 7) is 4.20. The van der Waals surface area contributed by atoms with Crippen LogP contribution in [0.4, 0.5) is 10.2 Å². The van der Waals surface area contributed by atoms with Crippen LogP contribution in [-0.2, 0) is 0 Å². The zero-order chi connectivity index (χ0) is 20.1. The summed E-state index contributed by atoms with van der Waals surface area (Å²) in [5, 5.41) is 2.59. The molecule has 0 aliphatic carbocycles. The van der Waals surface area contributed by atoms with E-state index in [2.05, 4.69) is 26.2 Å². The average molecular weight is 445 g/mol. The van der Waals surface area contributed by atoms with Gasteiger partial charge in [-0.25, -0.2) is 9.37 Å². The molecular formula is C21H18BrFN2O3. The van der Waals surface area contributed by atoms with Crippen molar-refractivity contribution in [2.75, 3.05) is 12.1 Å². The third-order valence-electron chi connectivity index (χ3n) is 3.90. The molecule has 0 atom stereocenters. The molecule has 28 heavy (non-hydrogen) atoms. The Kier molecular flexibility index (Phi) is 6.26. The summed E-state index contributed by atoms with van der Waals surface area (Å²) in [4.78, 5) is 16.4. The molecule has 144 valence electrons. The van der Waals surface area contributed by atoms with Gasteiger partial charge in [0, 0.05) is 21.8 Å². The molecule has 1 aliphatic rings. The summed E-state index contributed by atoms with van der Waals surface area (Å²) in [5.74, 6) is 0.555. The number of carbonyl (C=O) groups excluding carboxylic acids is 1. The van der Waals surface area contributed by atoms with Gasteiger partial charge in [-0.15, -0.1) is 0 Å². The zero-order valence-corrected chi connectivity index (χ0v) is 16.9. The standard InChI is InChI=1S/C19H12BrFN2O3.C2H6/c20-14-8-17-16(25-10-26-17)7-13(14)11-5-6-18(22-9-11)23-19(24)12-3-1-2-4-15(12)21;1-2/h1-9H,10H2,(H,22,23,24);1-2H3. The summed E-state index contributed by atoms with van der Waals surface area (Å²) < 4.78 is 25.2. The number of hydrogen-bond donors (Lipinski definition) is 1. The second-order valence-electron chi connectivity index (χ2n) is 5.55. The van der Waals surface area contributed by atoms with Crippen LogP contribution in [-0.4, -0.2) is 17.7 Å². The smallest absolute Gasteiger partial charge is 0.259 e. The molecule has 1 aromatic heterocycles. The van der Waals surface area contributed by atoms with Gasteiger partial charge in [-0.3, -0.25) is 4.79 Å².